The molecule has 1 saturated heterocycles. The van der Waals surface area contributed by atoms with Gasteiger partial charge in [-0.2, -0.15) is 13.2 Å². The van der Waals surface area contributed by atoms with Gasteiger partial charge in [-0.3, -0.25) is 9.69 Å². The Labute approximate surface area is 204 Å². The fourth-order valence-electron chi connectivity index (χ4n) is 3.65. The molecule has 0 radical (unpaired) electrons. The smallest absolute Gasteiger partial charge is 0.378 e. The van der Waals surface area contributed by atoms with E-state index in [2.05, 4.69) is 10.3 Å². The first-order chi connectivity index (χ1) is 16.6. The Morgan fingerprint density at radius 2 is 1.86 bits per heavy atom. The van der Waals surface area contributed by atoms with E-state index >= 15 is 0 Å². The Kier molecular flexibility index (Phi) is 6.97. The highest BCUT2D eigenvalue weighted by atomic mass is 32.1. The molecule has 35 heavy (non-hydrogen) atoms. The van der Waals surface area contributed by atoms with Crippen LogP contribution < -0.4 is 15.1 Å². The molecule has 1 aliphatic rings. The van der Waals surface area contributed by atoms with E-state index in [-0.39, 0.29) is 24.2 Å². The van der Waals surface area contributed by atoms with Gasteiger partial charge in [0.05, 0.1) is 5.56 Å². The Balaban J connectivity index is 1.35. The number of aromatic nitrogens is 1. The van der Waals surface area contributed by atoms with Crippen molar-refractivity contribution < 1.29 is 22.8 Å². The summed E-state index contributed by atoms with van der Waals surface area (Å²) < 4.78 is 38.9. The fourth-order valence-corrected chi connectivity index (χ4v) is 4.48. The highest BCUT2D eigenvalue weighted by Crippen LogP contribution is 2.30. The molecule has 3 aromatic rings. The summed E-state index contributed by atoms with van der Waals surface area (Å²) in [6.07, 6.45) is -4.44. The second-order valence-electron chi connectivity index (χ2n) is 8.31. The van der Waals surface area contributed by atoms with Crippen LogP contribution in [-0.2, 0) is 19.3 Å². The van der Waals surface area contributed by atoms with E-state index in [0.717, 1.165) is 23.4 Å². The Morgan fingerprint density at radius 3 is 2.54 bits per heavy atom. The molecule has 4 rings (SSSR count). The molecule has 0 spiro atoms. The molecule has 7 nitrogen and oxygen atoms in total. The molecule has 1 N–H and O–H groups in total. The van der Waals surface area contributed by atoms with Crippen LogP contribution in [0.25, 0.3) is 0 Å². The number of thiazole rings is 1. The summed E-state index contributed by atoms with van der Waals surface area (Å²) in [6, 6.07) is 12.4. The zero-order chi connectivity index (χ0) is 25.2. The topological polar surface area (TPSA) is 68.8 Å². The summed E-state index contributed by atoms with van der Waals surface area (Å²) in [5.41, 5.74) is 1.86. The molecule has 0 unspecified atom stereocenters. The van der Waals surface area contributed by atoms with Crippen LogP contribution in [0.3, 0.4) is 0 Å². The van der Waals surface area contributed by atoms with Crippen LogP contribution in [-0.4, -0.2) is 49.0 Å². The van der Waals surface area contributed by atoms with Crippen molar-refractivity contribution in [1.29, 1.82) is 0 Å². The van der Waals surface area contributed by atoms with Crippen molar-refractivity contribution in [3.63, 3.8) is 0 Å². The van der Waals surface area contributed by atoms with Crippen molar-refractivity contribution >= 4 is 34.1 Å². The first-order valence-corrected chi connectivity index (χ1v) is 11.7. The van der Waals surface area contributed by atoms with E-state index in [1.165, 1.54) is 27.2 Å². The summed E-state index contributed by atoms with van der Waals surface area (Å²) in [7, 11) is 3.90. The first kappa shape index (κ1) is 24.5. The summed E-state index contributed by atoms with van der Waals surface area (Å²) in [6.45, 7) is 1.08. The van der Waals surface area contributed by atoms with E-state index in [9.17, 15) is 22.8 Å². The number of nitrogens with one attached hydrogen (secondary N) is 1. The van der Waals surface area contributed by atoms with E-state index in [1.54, 1.807) is 11.4 Å². The first-order valence-electron chi connectivity index (χ1n) is 10.8. The zero-order valence-corrected chi connectivity index (χ0v) is 20.0. The summed E-state index contributed by atoms with van der Waals surface area (Å²) in [5.74, 6) is -0.350. The minimum absolute atomic E-state index is 0.0601. The number of anilines is 2. The van der Waals surface area contributed by atoms with Crippen molar-refractivity contribution in [3.8, 4) is 0 Å². The van der Waals surface area contributed by atoms with E-state index in [1.807, 2.05) is 43.3 Å². The van der Waals surface area contributed by atoms with Crippen LogP contribution in [0.15, 0.2) is 53.9 Å². The van der Waals surface area contributed by atoms with Crippen molar-refractivity contribution in [1.82, 2.24) is 15.2 Å². The van der Waals surface area contributed by atoms with Crippen LogP contribution >= 0.6 is 11.3 Å². The number of alkyl halides is 3. The zero-order valence-electron chi connectivity index (χ0n) is 19.2. The van der Waals surface area contributed by atoms with Gasteiger partial charge in [0.25, 0.3) is 5.91 Å². The molecule has 3 amide bonds. The predicted octanol–water partition coefficient (Wildman–Crippen LogP) is 4.60. The summed E-state index contributed by atoms with van der Waals surface area (Å²) in [5, 5.41) is 4.79. The van der Waals surface area contributed by atoms with Crippen LogP contribution in [0.4, 0.5) is 28.8 Å². The van der Waals surface area contributed by atoms with Gasteiger partial charge in [0.2, 0.25) is 0 Å². The lowest BCUT2D eigenvalue weighted by molar-refractivity contribution is -0.137. The molecule has 1 fully saturated rings. The highest BCUT2D eigenvalue weighted by Gasteiger charge is 2.33. The van der Waals surface area contributed by atoms with Crippen LogP contribution in [0.1, 0.15) is 27.2 Å². The van der Waals surface area contributed by atoms with Crippen molar-refractivity contribution in [3.05, 3.63) is 76.3 Å². The number of nitrogens with zero attached hydrogens (tertiary/aromatic N) is 4. The predicted molar refractivity (Wildman–Crippen MR) is 129 cm³/mol. The lowest BCUT2D eigenvalue weighted by atomic mass is 10.1. The largest absolute Gasteiger partial charge is 0.416 e. The van der Waals surface area contributed by atoms with E-state index in [0.29, 0.717) is 30.3 Å². The molecule has 0 atom stereocenters. The SMILES string of the molecule is CN(C)c1ccc(CNC(=O)c2csc(N3CCN(Cc4cccc(C(F)(F)F)c4)C3=O)n2)cc1. The number of benzene rings is 2. The Hall–Kier alpha value is -3.60. The van der Waals surface area contributed by atoms with Gasteiger partial charge in [0, 0.05) is 51.3 Å². The molecule has 1 aromatic heterocycles. The second-order valence-corrected chi connectivity index (χ2v) is 9.15. The molecule has 11 heteroatoms. The van der Waals surface area contributed by atoms with Gasteiger partial charge in [0.15, 0.2) is 5.13 Å². The van der Waals surface area contributed by atoms with Gasteiger partial charge in [-0.25, -0.2) is 9.78 Å². The van der Waals surface area contributed by atoms with Gasteiger partial charge >= 0.3 is 12.2 Å². The maximum Gasteiger partial charge on any atom is 0.416 e. The maximum atomic E-state index is 13.0. The van der Waals surface area contributed by atoms with Crippen molar-refractivity contribution in [2.24, 2.45) is 0 Å². The second kappa shape index (κ2) is 9.95. The minimum Gasteiger partial charge on any atom is -0.378 e. The standard InChI is InChI=1S/C24H24F3N5O2S/c1-30(2)19-8-6-16(7-9-19)13-28-21(33)20-15-35-22(29-20)32-11-10-31(23(32)34)14-17-4-3-5-18(12-17)24(25,26)27/h3-9,12,15H,10-11,13-14H2,1-2H3,(H,28,33). The van der Waals surface area contributed by atoms with Gasteiger partial charge in [-0.15, -0.1) is 11.3 Å². The number of rotatable bonds is 7. The molecule has 0 aliphatic carbocycles. The number of hydrogen-bond donors (Lipinski definition) is 1. The van der Waals surface area contributed by atoms with E-state index in [4.69, 9.17) is 0 Å². The number of halogens is 3. The molecular formula is C24H24F3N5O2S. The van der Waals surface area contributed by atoms with Crippen LogP contribution in [0.5, 0.6) is 0 Å². The van der Waals surface area contributed by atoms with Crippen LogP contribution in [0.2, 0.25) is 0 Å². The van der Waals surface area contributed by atoms with Gasteiger partial charge in [0.1, 0.15) is 5.69 Å². The molecule has 184 valence electrons. The fraction of sp³-hybridized carbons (Fsp3) is 0.292. The molecule has 2 heterocycles. The van der Waals surface area contributed by atoms with Gasteiger partial charge in [-0.1, -0.05) is 24.3 Å². The molecule has 1 aliphatic heterocycles. The number of hydrogen-bond acceptors (Lipinski definition) is 5. The molecule has 2 aromatic carbocycles. The monoisotopic (exact) mass is 503 g/mol. The van der Waals surface area contributed by atoms with Crippen molar-refractivity contribution in [2.45, 2.75) is 19.3 Å². The van der Waals surface area contributed by atoms with Gasteiger partial charge < -0.3 is 15.1 Å². The van der Waals surface area contributed by atoms with Gasteiger partial charge in [-0.05, 0) is 35.4 Å². The average molecular weight is 504 g/mol. The van der Waals surface area contributed by atoms with Crippen LogP contribution in [0, 0.1) is 0 Å². The maximum absolute atomic E-state index is 13.0. The summed E-state index contributed by atoms with van der Waals surface area (Å²) in [4.78, 5) is 34.6. The lowest BCUT2D eigenvalue weighted by Gasteiger charge is -2.17. The number of amides is 3. The number of carbonyl (C=O) groups excluding carboxylic acids is 2. The Morgan fingerprint density at radius 1 is 1.11 bits per heavy atom. The number of urea groups is 1. The third-order valence-electron chi connectivity index (χ3n) is 5.58. The molecular weight excluding hydrogens is 479 g/mol. The summed E-state index contributed by atoms with van der Waals surface area (Å²) >= 11 is 1.17. The third-order valence-corrected chi connectivity index (χ3v) is 6.45. The molecule has 0 bridgehead atoms. The number of carbonyl (C=O) groups is 2. The van der Waals surface area contributed by atoms with Crippen molar-refractivity contribution in [2.75, 3.05) is 37.0 Å². The normalized spacial score (nSPS) is 13.9. The third kappa shape index (κ3) is 5.73. The quantitative estimate of drug-likeness (QED) is 0.512. The molecule has 0 saturated carbocycles. The average Bonchev–Trinajstić information content (AvgIpc) is 3.45. The lowest BCUT2D eigenvalue weighted by Crippen LogP contribution is -2.31. The van der Waals surface area contributed by atoms with E-state index < -0.39 is 11.7 Å². The highest BCUT2D eigenvalue weighted by molar-refractivity contribution is 7.14. The minimum atomic E-state index is -4.44. The Bertz CT molecular complexity index is 1210.